The van der Waals surface area contributed by atoms with Crippen molar-refractivity contribution in [2.75, 3.05) is 33.8 Å². The zero-order chi connectivity index (χ0) is 18.6. The number of carbonyl (C=O) groups is 1. The molecule has 0 spiro atoms. The standard InChI is InChI=1S/C21H32N2O3/c1-22(18-6-4-3-5-7-18)20(24)16-23-14-12-21(25,13-15-23)17-8-10-19(26-2)11-9-17/h8-11,18,25H,3-7,12-16H2,1-2H3. The Morgan fingerprint density at radius 2 is 1.81 bits per heavy atom. The molecule has 1 aliphatic carbocycles. The predicted octanol–water partition coefficient (Wildman–Crippen LogP) is 2.77. The average molecular weight is 360 g/mol. The minimum absolute atomic E-state index is 0.215. The van der Waals surface area contributed by atoms with Crippen LogP contribution in [-0.2, 0) is 10.4 Å². The van der Waals surface area contributed by atoms with Crippen LogP contribution in [0.5, 0.6) is 5.75 Å². The van der Waals surface area contributed by atoms with Crippen LogP contribution in [0.4, 0.5) is 0 Å². The van der Waals surface area contributed by atoms with E-state index in [9.17, 15) is 9.90 Å². The number of methoxy groups -OCH3 is 1. The summed E-state index contributed by atoms with van der Waals surface area (Å²) in [6.07, 6.45) is 7.36. The SMILES string of the molecule is COc1ccc(C2(O)CCN(CC(=O)N(C)C3CCCCC3)CC2)cc1. The second-order valence-corrected chi connectivity index (χ2v) is 7.83. The van der Waals surface area contributed by atoms with Gasteiger partial charge in [0.2, 0.25) is 5.91 Å². The molecule has 0 bridgehead atoms. The van der Waals surface area contributed by atoms with Gasteiger partial charge in [0.05, 0.1) is 19.3 Å². The van der Waals surface area contributed by atoms with Gasteiger partial charge < -0.3 is 14.7 Å². The van der Waals surface area contributed by atoms with Crippen molar-refractivity contribution in [3.8, 4) is 5.75 Å². The summed E-state index contributed by atoms with van der Waals surface area (Å²) < 4.78 is 5.19. The second kappa shape index (κ2) is 8.40. The molecule has 144 valence electrons. The predicted molar refractivity (Wildman–Crippen MR) is 102 cm³/mol. The van der Waals surface area contributed by atoms with Crippen LogP contribution in [0.15, 0.2) is 24.3 Å². The molecular formula is C21H32N2O3. The van der Waals surface area contributed by atoms with Crippen LogP contribution in [0, 0.1) is 0 Å². The van der Waals surface area contributed by atoms with Crippen molar-refractivity contribution in [1.82, 2.24) is 9.80 Å². The molecule has 3 rings (SSSR count). The van der Waals surface area contributed by atoms with Crippen LogP contribution in [0.3, 0.4) is 0 Å². The Morgan fingerprint density at radius 3 is 2.38 bits per heavy atom. The van der Waals surface area contributed by atoms with Gasteiger partial charge in [-0.2, -0.15) is 0 Å². The van der Waals surface area contributed by atoms with E-state index in [-0.39, 0.29) is 5.91 Å². The van der Waals surface area contributed by atoms with Crippen molar-refractivity contribution < 1.29 is 14.6 Å². The molecule has 1 heterocycles. The van der Waals surface area contributed by atoms with Crippen LogP contribution >= 0.6 is 0 Å². The fourth-order valence-corrected chi connectivity index (χ4v) is 4.25. The Balaban J connectivity index is 1.51. The zero-order valence-corrected chi connectivity index (χ0v) is 16.1. The number of hydrogen-bond donors (Lipinski definition) is 1. The Kier molecular flexibility index (Phi) is 6.20. The van der Waals surface area contributed by atoms with E-state index >= 15 is 0 Å². The Bertz CT molecular complexity index is 588. The smallest absolute Gasteiger partial charge is 0.236 e. The highest BCUT2D eigenvalue weighted by Gasteiger charge is 2.35. The van der Waals surface area contributed by atoms with Gasteiger partial charge in [-0.05, 0) is 43.4 Å². The summed E-state index contributed by atoms with van der Waals surface area (Å²) in [6.45, 7) is 1.95. The quantitative estimate of drug-likeness (QED) is 0.877. The fraction of sp³-hybridized carbons (Fsp3) is 0.667. The van der Waals surface area contributed by atoms with Gasteiger partial charge in [-0.15, -0.1) is 0 Å². The van der Waals surface area contributed by atoms with E-state index < -0.39 is 5.60 Å². The number of piperidine rings is 1. The van der Waals surface area contributed by atoms with E-state index in [2.05, 4.69) is 4.90 Å². The normalized spacial score (nSPS) is 21.3. The number of likely N-dealkylation sites (tertiary alicyclic amines) is 1. The molecular weight excluding hydrogens is 328 g/mol. The van der Waals surface area contributed by atoms with E-state index in [1.807, 2.05) is 36.2 Å². The number of likely N-dealkylation sites (N-methyl/N-ethyl adjacent to an activating group) is 1. The van der Waals surface area contributed by atoms with Crippen LogP contribution < -0.4 is 4.74 Å². The minimum atomic E-state index is -0.804. The third kappa shape index (κ3) is 4.38. The van der Waals surface area contributed by atoms with Gasteiger partial charge in [0, 0.05) is 26.2 Å². The molecule has 26 heavy (non-hydrogen) atoms. The van der Waals surface area contributed by atoms with Crippen molar-refractivity contribution in [2.24, 2.45) is 0 Å². The number of carbonyl (C=O) groups excluding carboxylic acids is 1. The highest BCUT2D eigenvalue weighted by Crippen LogP contribution is 2.33. The summed E-state index contributed by atoms with van der Waals surface area (Å²) in [6, 6.07) is 8.08. The van der Waals surface area contributed by atoms with Crippen molar-refractivity contribution >= 4 is 5.91 Å². The molecule has 0 aromatic heterocycles. The maximum absolute atomic E-state index is 12.6. The van der Waals surface area contributed by atoms with Crippen LogP contribution in [0.2, 0.25) is 0 Å². The Hall–Kier alpha value is -1.59. The van der Waals surface area contributed by atoms with Crippen LogP contribution in [0.25, 0.3) is 0 Å². The second-order valence-electron chi connectivity index (χ2n) is 7.83. The summed E-state index contributed by atoms with van der Waals surface area (Å²) in [7, 11) is 3.60. The average Bonchev–Trinajstić information content (AvgIpc) is 2.70. The summed E-state index contributed by atoms with van der Waals surface area (Å²) in [5.74, 6) is 1.01. The molecule has 1 aromatic rings. The number of ether oxygens (including phenoxy) is 1. The van der Waals surface area contributed by atoms with Crippen LogP contribution in [-0.4, -0.2) is 60.6 Å². The molecule has 1 aromatic carbocycles. The van der Waals surface area contributed by atoms with Gasteiger partial charge in [-0.25, -0.2) is 0 Å². The van der Waals surface area contributed by atoms with Crippen molar-refractivity contribution in [3.63, 3.8) is 0 Å². The lowest BCUT2D eigenvalue weighted by Crippen LogP contribution is -2.48. The number of amides is 1. The van der Waals surface area contributed by atoms with Gasteiger partial charge in [0.15, 0.2) is 0 Å². The molecule has 0 radical (unpaired) electrons. The number of rotatable bonds is 5. The van der Waals surface area contributed by atoms with Gasteiger partial charge >= 0.3 is 0 Å². The summed E-state index contributed by atoms with van der Waals surface area (Å²) in [4.78, 5) is 16.8. The Labute approximate surface area is 156 Å². The first-order chi connectivity index (χ1) is 12.5. The van der Waals surface area contributed by atoms with E-state index in [1.165, 1.54) is 19.3 Å². The van der Waals surface area contributed by atoms with E-state index in [0.29, 0.717) is 25.4 Å². The summed E-state index contributed by atoms with van der Waals surface area (Å²) in [5, 5.41) is 11.0. The molecule has 1 saturated carbocycles. The first kappa shape index (κ1) is 19.2. The van der Waals surface area contributed by atoms with E-state index in [1.54, 1.807) is 7.11 Å². The maximum Gasteiger partial charge on any atom is 0.236 e. The third-order valence-electron chi connectivity index (χ3n) is 6.19. The summed E-state index contributed by atoms with van der Waals surface area (Å²) >= 11 is 0. The monoisotopic (exact) mass is 360 g/mol. The van der Waals surface area contributed by atoms with E-state index in [4.69, 9.17) is 4.74 Å². The lowest BCUT2D eigenvalue weighted by atomic mass is 9.84. The molecule has 1 amide bonds. The molecule has 2 fully saturated rings. The lowest BCUT2D eigenvalue weighted by Gasteiger charge is -2.39. The highest BCUT2D eigenvalue weighted by atomic mass is 16.5. The third-order valence-corrected chi connectivity index (χ3v) is 6.19. The van der Waals surface area contributed by atoms with Gasteiger partial charge in [0.25, 0.3) is 0 Å². The van der Waals surface area contributed by atoms with Crippen molar-refractivity contribution in [2.45, 2.75) is 56.6 Å². The number of nitrogens with zero attached hydrogens (tertiary/aromatic N) is 2. The topological polar surface area (TPSA) is 53.0 Å². The molecule has 1 saturated heterocycles. The molecule has 1 N–H and O–H groups in total. The molecule has 5 heteroatoms. The number of benzene rings is 1. The highest BCUT2D eigenvalue weighted by molar-refractivity contribution is 5.78. The van der Waals surface area contributed by atoms with Crippen LogP contribution in [0.1, 0.15) is 50.5 Å². The molecule has 1 aliphatic heterocycles. The Morgan fingerprint density at radius 1 is 1.19 bits per heavy atom. The maximum atomic E-state index is 12.6. The lowest BCUT2D eigenvalue weighted by molar-refractivity contribution is -0.135. The summed E-state index contributed by atoms with van der Waals surface area (Å²) in [5.41, 5.74) is 0.129. The number of aliphatic hydroxyl groups is 1. The van der Waals surface area contributed by atoms with Gasteiger partial charge in [0.1, 0.15) is 5.75 Å². The largest absolute Gasteiger partial charge is 0.497 e. The molecule has 5 nitrogen and oxygen atoms in total. The van der Waals surface area contributed by atoms with Crippen molar-refractivity contribution in [3.05, 3.63) is 29.8 Å². The van der Waals surface area contributed by atoms with Gasteiger partial charge in [-0.3, -0.25) is 9.69 Å². The van der Waals surface area contributed by atoms with Crippen molar-refractivity contribution in [1.29, 1.82) is 0 Å². The molecule has 2 aliphatic rings. The minimum Gasteiger partial charge on any atom is -0.497 e. The first-order valence-corrected chi connectivity index (χ1v) is 9.87. The molecule has 0 unspecified atom stereocenters. The van der Waals surface area contributed by atoms with Gasteiger partial charge in [-0.1, -0.05) is 31.4 Å². The van der Waals surface area contributed by atoms with E-state index in [0.717, 1.165) is 37.2 Å². The first-order valence-electron chi connectivity index (χ1n) is 9.87. The number of hydrogen-bond acceptors (Lipinski definition) is 4. The zero-order valence-electron chi connectivity index (χ0n) is 16.1. The fourth-order valence-electron chi connectivity index (χ4n) is 4.25. The molecule has 0 atom stereocenters.